The second-order valence-electron chi connectivity index (χ2n) is 3.14. The first-order chi connectivity index (χ1) is 6.58. The van der Waals surface area contributed by atoms with Crippen LogP contribution in [-0.2, 0) is 0 Å². The molecule has 1 aromatic heterocycles. The van der Waals surface area contributed by atoms with Crippen LogP contribution in [0.25, 0.3) is 10.9 Å². The molecule has 0 aliphatic rings. The minimum atomic E-state index is 0.759. The summed E-state index contributed by atoms with van der Waals surface area (Å²) in [4.78, 5) is 4.43. The quantitative estimate of drug-likeness (QED) is 0.806. The summed E-state index contributed by atoms with van der Waals surface area (Å²) in [6.07, 6.45) is 0. The largest absolute Gasteiger partial charge is 0.398 e. The van der Waals surface area contributed by atoms with E-state index in [1.807, 2.05) is 25.1 Å². The Morgan fingerprint density at radius 3 is 2.64 bits per heavy atom. The predicted molar refractivity (Wildman–Crippen MR) is 66.3 cm³/mol. The van der Waals surface area contributed by atoms with E-state index < -0.39 is 0 Å². The third-order valence-corrected chi connectivity index (χ3v) is 3.05. The zero-order valence-electron chi connectivity index (χ0n) is 7.51. The van der Waals surface area contributed by atoms with Crippen LogP contribution in [0.3, 0.4) is 0 Å². The van der Waals surface area contributed by atoms with Gasteiger partial charge in [0.05, 0.1) is 5.52 Å². The Hall–Kier alpha value is -0.610. The lowest BCUT2D eigenvalue weighted by molar-refractivity contribution is 1.25. The maximum Gasteiger partial charge on any atom is 0.0868 e. The lowest BCUT2D eigenvalue weighted by Gasteiger charge is -2.05. The SMILES string of the molecule is Cc1cc(N)c2cc(Br)cc(Br)c2n1. The number of benzene rings is 1. The summed E-state index contributed by atoms with van der Waals surface area (Å²) < 4.78 is 1.95. The van der Waals surface area contributed by atoms with Crippen molar-refractivity contribution in [1.29, 1.82) is 0 Å². The number of hydrogen-bond donors (Lipinski definition) is 1. The minimum absolute atomic E-state index is 0.759. The van der Waals surface area contributed by atoms with Gasteiger partial charge in [0, 0.05) is 25.7 Å². The molecule has 72 valence electrons. The van der Waals surface area contributed by atoms with Crippen molar-refractivity contribution in [3.05, 3.63) is 32.8 Å². The molecule has 0 atom stereocenters. The van der Waals surface area contributed by atoms with Crippen LogP contribution in [0.4, 0.5) is 5.69 Å². The van der Waals surface area contributed by atoms with Crippen LogP contribution in [0.1, 0.15) is 5.69 Å². The predicted octanol–water partition coefficient (Wildman–Crippen LogP) is 3.65. The molecule has 0 amide bonds. The number of anilines is 1. The van der Waals surface area contributed by atoms with E-state index in [1.54, 1.807) is 0 Å². The number of nitrogens with two attached hydrogens (primary N) is 1. The number of pyridine rings is 1. The van der Waals surface area contributed by atoms with Gasteiger partial charge in [-0.15, -0.1) is 0 Å². The first-order valence-corrected chi connectivity index (χ1v) is 5.68. The van der Waals surface area contributed by atoms with Gasteiger partial charge in [-0.3, -0.25) is 4.98 Å². The second kappa shape index (κ2) is 3.51. The highest BCUT2D eigenvalue weighted by molar-refractivity contribution is 9.11. The summed E-state index contributed by atoms with van der Waals surface area (Å²) in [7, 11) is 0. The van der Waals surface area contributed by atoms with E-state index in [1.165, 1.54) is 0 Å². The maximum atomic E-state index is 5.91. The van der Waals surface area contributed by atoms with Gasteiger partial charge in [-0.25, -0.2) is 0 Å². The van der Waals surface area contributed by atoms with E-state index in [0.29, 0.717) is 0 Å². The molecular formula is C10H8Br2N2. The summed E-state index contributed by atoms with van der Waals surface area (Å²) in [5.74, 6) is 0. The van der Waals surface area contributed by atoms with Gasteiger partial charge in [0.2, 0.25) is 0 Å². The summed E-state index contributed by atoms with van der Waals surface area (Å²) in [6.45, 7) is 1.93. The van der Waals surface area contributed by atoms with Crippen molar-refractivity contribution in [2.45, 2.75) is 6.92 Å². The molecule has 1 aromatic carbocycles. The van der Waals surface area contributed by atoms with Gasteiger partial charge < -0.3 is 5.73 Å². The van der Waals surface area contributed by atoms with Crippen molar-refractivity contribution in [2.24, 2.45) is 0 Å². The van der Waals surface area contributed by atoms with Crippen molar-refractivity contribution in [3.8, 4) is 0 Å². The Kier molecular flexibility index (Phi) is 2.49. The van der Waals surface area contributed by atoms with Crippen molar-refractivity contribution in [3.63, 3.8) is 0 Å². The van der Waals surface area contributed by atoms with Crippen molar-refractivity contribution < 1.29 is 0 Å². The lowest BCUT2D eigenvalue weighted by Crippen LogP contribution is -1.92. The Labute approximate surface area is 98.8 Å². The first kappa shape index (κ1) is 9.93. The van der Waals surface area contributed by atoms with Crippen LogP contribution in [0.15, 0.2) is 27.1 Å². The Morgan fingerprint density at radius 2 is 1.93 bits per heavy atom. The minimum Gasteiger partial charge on any atom is -0.398 e. The highest BCUT2D eigenvalue weighted by Gasteiger charge is 2.05. The molecule has 0 saturated carbocycles. The zero-order valence-corrected chi connectivity index (χ0v) is 10.7. The number of hydrogen-bond acceptors (Lipinski definition) is 2. The third kappa shape index (κ3) is 1.64. The fourth-order valence-electron chi connectivity index (χ4n) is 1.41. The molecule has 2 N–H and O–H groups in total. The van der Waals surface area contributed by atoms with E-state index in [-0.39, 0.29) is 0 Å². The molecule has 2 aromatic rings. The molecule has 0 bridgehead atoms. The molecule has 4 heteroatoms. The van der Waals surface area contributed by atoms with E-state index in [2.05, 4.69) is 36.8 Å². The monoisotopic (exact) mass is 314 g/mol. The summed E-state index contributed by atoms with van der Waals surface area (Å²) in [5.41, 5.74) is 8.51. The summed E-state index contributed by atoms with van der Waals surface area (Å²) >= 11 is 6.89. The molecule has 0 saturated heterocycles. The van der Waals surface area contributed by atoms with Gasteiger partial charge in [-0.05, 0) is 41.1 Å². The standard InChI is InChI=1S/C10H8Br2N2/c1-5-2-9(13)7-3-6(11)4-8(12)10(7)14-5/h2-4H,1H3,(H2,13,14). The number of aromatic nitrogens is 1. The molecule has 1 heterocycles. The van der Waals surface area contributed by atoms with Gasteiger partial charge >= 0.3 is 0 Å². The number of aryl methyl sites for hydroxylation is 1. The molecule has 2 nitrogen and oxygen atoms in total. The molecule has 0 aliphatic carbocycles. The number of fused-ring (bicyclic) bond motifs is 1. The molecule has 14 heavy (non-hydrogen) atoms. The van der Waals surface area contributed by atoms with E-state index >= 15 is 0 Å². The topological polar surface area (TPSA) is 38.9 Å². The van der Waals surface area contributed by atoms with Gasteiger partial charge in [0.15, 0.2) is 0 Å². The van der Waals surface area contributed by atoms with Crippen molar-refractivity contribution in [2.75, 3.05) is 5.73 Å². The molecule has 0 spiro atoms. The van der Waals surface area contributed by atoms with E-state index in [0.717, 1.165) is 31.2 Å². The van der Waals surface area contributed by atoms with Crippen molar-refractivity contribution >= 4 is 48.5 Å². The third-order valence-electron chi connectivity index (χ3n) is 1.99. The van der Waals surface area contributed by atoms with Gasteiger partial charge in [0.25, 0.3) is 0 Å². The van der Waals surface area contributed by atoms with Crippen LogP contribution in [0, 0.1) is 6.92 Å². The van der Waals surface area contributed by atoms with Crippen LogP contribution < -0.4 is 5.73 Å². The normalized spacial score (nSPS) is 10.8. The van der Waals surface area contributed by atoms with E-state index in [9.17, 15) is 0 Å². The fourth-order valence-corrected chi connectivity index (χ4v) is 2.72. The van der Waals surface area contributed by atoms with Gasteiger partial charge in [-0.1, -0.05) is 15.9 Å². The lowest BCUT2D eigenvalue weighted by atomic mass is 10.2. The van der Waals surface area contributed by atoms with Crippen LogP contribution in [-0.4, -0.2) is 4.98 Å². The fraction of sp³-hybridized carbons (Fsp3) is 0.100. The van der Waals surface area contributed by atoms with Crippen molar-refractivity contribution in [1.82, 2.24) is 4.98 Å². The Balaban J connectivity index is 2.94. The summed E-state index contributed by atoms with van der Waals surface area (Å²) in [5, 5.41) is 0.969. The Morgan fingerprint density at radius 1 is 1.21 bits per heavy atom. The van der Waals surface area contributed by atoms with E-state index in [4.69, 9.17) is 5.73 Å². The molecule has 0 fully saturated rings. The number of rotatable bonds is 0. The van der Waals surface area contributed by atoms with Gasteiger partial charge in [0.1, 0.15) is 0 Å². The van der Waals surface area contributed by atoms with Crippen LogP contribution in [0.2, 0.25) is 0 Å². The molecule has 2 rings (SSSR count). The molecule has 0 unspecified atom stereocenters. The molecule has 0 radical (unpaired) electrons. The number of nitrogen functional groups attached to an aromatic ring is 1. The van der Waals surface area contributed by atoms with Crippen LogP contribution >= 0.6 is 31.9 Å². The highest BCUT2D eigenvalue weighted by atomic mass is 79.9. The molecule has 0 aliphatic heterocycles. The average Bonchev–Trinajstić information content (AvgIpc) is 2.07. The smallest absolute Gasteiger partial charge is 0.0868 e. The number of halogens is 2. The van der Waals surface area contributed by atoms with Crippen LogP contribution in [0.5, 0.6) is 0 Å². The Bertz CT molecular complexity index is 462. The second-order valence-corrected chi connectivity index (χ2v) is 4.91. The highest BCUT2D eigenvalue weighted by Crippen LogP contribution is 2.30. The first-order valence-electron chi connectivity index (χ1n) is 4.10. The van der Waals surface area contributed by atoms with Gasteiger partial charge in [-0.2, -0.15) is 0 Å². The zero-order chi connectivity index (χ0) is 10.3. The summed E-state index contributed by atoms with van der Waals surface area (Å²) in [6, 6.07) is 5.82. The maximum absolute atomic E-state index is 5.91. The number of nitrogens with zero attached hydrogens (tertiary/aromatic N) is 1. The average molecular weight is 316 g/mol. The molecular weight excluding hydrogens is 308 g/mol.